The van der Waals surface area contributed by atoms with Gasteiger partial charge in [-0.05, 0) is 32.4 Å². The average molecular weight is 290 g/mol. The molecule has 0 aliphatic carbocycles. The van der Waals surface area contributed by atoms with Crippen LogP contribution >= 0.6 is 0 Å². The van der Waals surface area contributed by atoms with Crippen LogP contribution in [-0.4, -0.2) is 42.8 Å². The summed E-state index contributed by atoms with van der Waals surface area (Å²) in [4.78, 5) is 2.63. The monoisotopic (exact) mass is 290 g/mol. The molecule has 118 valence electrons. The third-order valence-corrected chi connectivity index (χ3v) is 4.47. The lowest BCUT2D eigenvalue weighted by molar-refractivity contribution is -0.0722. The van der Waals surface area contributed by atoms with Gasteiger partial charge in [-0.25, -0.2) is 0 Å². The molecule has 0 saturated carbocycles. The molecule has 1 aliphatic rings. The first-order chi connectivity index (χ1) is 10.2. The zero-order valence-corrected chi connectivity index (χ0v) is 13.9. The smallest absolute Gasteiger partial charge is 0.0674 e. The molecule has 1 aromatic carbocycles. The van der Waals surface area contributed by atoms with Crippen molar-refractivity contribution in [3.8, 4) is 0 Å². The summed E-state index contributed by atoms with van der Waals surface area (Å²) in [7, 11) is 0. The summed E-state index contributed by atoms with van der Waals surface area (Å²) in [5.41, 5.74) is 1.39. The number of likely N-dealkylation sites (N-methyl/N-ethyl adjacent to an activating group) is 1. The predicted molar refractivity (Wildman–Crippen MR) is 88.5 cm³/mol. The summed E-state index contributed by atoms with van der Waals surface area (Å²) >= 11 is 0. The van der Waals surface area contributed by atoms with Gasteiger partial charge in [-0.1, -0.05) is 44.2 Å². The maximum absolute atomic E-state index is 5.80. The van der Waals surface area contributed by atoms with Crippen molar-refractivity contribution in [1.82, 2.24) is 10.2 Å². The molecule has 3 nitrogen and oxygen atoms in total. The molecule has 1 N–H and O–H groups in total. The molecule has 4 atom stereocenters. The molecule has 1 heterocycles. The number of morpholine rings is 1. The molecule has 1 saturated heterocycles. The number of benzene rings is 1. The van der Waals surface area contributed by atoms with E-state index >= 15 is 0 Å². The minimum Gasteiger partial charge on any atom is -0.376 e. The van der Waals surface area contributed by atoms with Crippen molar-refractivity contribution >= 4 is 0 Å². The predicted octanol–water partition coefficient (Wildman–Crippen LogP) is 3.23. The second-order valence-corrected chi connectivity index (χ2v) is 6.11. The van der Waals surface area contributed by atoms with Crippen molar-refractivity contribution in [1.29, 1.82) is 0 Å². The quantitative estimate of drug-likeness (QED) is 0.870. The summed E-state index contributed by atoms with van der Waals surface area (Å²) in [5.74, 6) is 0. The van der Waals surface area contributed by atoms with Gasteiger partial charge >= 0.3 is 0 Å². The first-order valence-corrected chi connectivity index (χ1v) is 8.33. The van der Waals surface area contributed by atoms with Gasteiger partial charge in [0, 0.05) is 24.7 Å². The molecule has 1 fully saturated rings. The Morgan fingerprint density at radius 2 is 1.95 bits per heavy atom. The fourth-order valence-corrected chi connectivity index (χ4v) is 3.41. The van der Waals surface area contributed by atoms with Gasteiger partial charge in [0.1, 0.15) is 0 Å². The second kappa shape index (κ2) is 7.92. The van der Waals surface area contributed by atoms with E-state index in [4.69, 9.17) is 4.74 Å². The van der Waals surface area contributed by atoms with Gasteiger partial charge in [-0.2, -0.15) is 0 Å². The second-order valence-electron chi connectivity index (χ2n) is 6.11. The highest BCUT2D eigenvalue weighted by atomic mass is 16.5. The first-order valence-electron chi connectivity index (χ1n) is 8.33. The van der Waals surface area contributed by atoms with E-state index in [2.05, 4.69) is 68.2 Å². The van der Waals surface area contributed by atoms with Crippen LogP contribution in [0.25, 0.3) is 0 Å². The highest BCUT2D eigenvalue weighted by Gasteiger charge is 2.33. The van der Waals surface area contributed by atoms with Crippen LogP contribution in [0.1, 0.15) is 45.7 Å². The SMILES string of the molecule is CCNC(c1ccccc1)C(CC)N1CC(C)OCC1C. The van der Waals surface area contributed by atoms with Crippen molar-refractivity contribution in [2.45, 2.75) is 58.3 Å². The van der Waals surface area contributed by atoms with Crippen LogP contribution in [0.5, 0.6) is 0 Å². The minimum atomic E-state index is 0.327. The highest BCUT2D eigenvalue weighted by Crippen LogP contribution is 2.27. The Labute approximate surface area is 129 Å². The van der Waals surface area contributed by atoms with Crippen molar-refractivity contribution in [2.24, 2.45) is 0 Å². The maximum Gasteiger partial charge on any atom is 0.0674 e. The van der Waals surface area contributed by atoms with Gasteiger partial charge in [0.25, 0.3) is 0 Å². The molecule has 0 bridgehead atoms. The number of ether oxygens (including phenoxy) is 1. The summed E-state index contributed by atoms with van der Waals surface area (Å²) in [6.45, 7) is 11.8. The van der Waals surface area contributed by atoms with Crippen LogP contribution in [0, 0.1) is 0 Å². The fourth-order valence-electron chi connectivity index (χ4n) is 3.41. The Morgan fingerprint density at radius 1 is 1.24 bits per heavy atom. The number of hydrogen-bond donors (Lipinski definition) is 1. The van der Waals surface area contributed by atoms with Gasteiger partial charge in [-0.3, -0.25) is 4.90 Å². The number of hydrogen-bond acceptors (Lipinski definition) is 3. The van der Waals surface area contributed by atoms with Gasteiger partial charge in [-0.15, -0.1) is 0 Å². The first kappa shape index (κ1) is 16.5. The van der Waals surface area contributed by atoms with E-state index in [9.17, 15) is 0 Å². The Morgan fingerprint density at radius 3 is 2.57 bits per heavy atom. The minimum absolute atomic E-state index is 0.327. The van der Waals surface area contributed by atoms with Crippen LogP contribution in [0.2, 0.25) is 0 Å². The average Bonchev–Trinajstić information content (AvgIpc) is 2.51. The Kier molecular flexibility index (Phi) is 6.22. The lowest BCUT2D eigenvalue weighted by atomic mass is 9.94. The third kappa shape index (κ3) is 4.06. The fraction of sp³-hybridized carbons (Fsp3) is 0.667. The highest BCUT2D eigenvalue weighted by molar-refractivity contribution is 5.21. The molecule has 0 radical (unpaired) electrons. The normalized spacial score (nSPS) is 26.5. The van der Waals surface area contributed by atoms with E-state index in [1.165, 1.54) is 5.56 Å². The van der Waals surface area contributed by atoms with Crippen LogP contribution in [0.4, 0.5) is 0 Å². The van der Waals surface area contributed by atoms with Gasteiger partial charge in [0.05, 0.1) is 12.7 Å². The molecule has 3 heteroatoms. The van der Waals surface area contributed by atoms with Crippen LogP contribution in [-0.2, 0) is 4.74 Å². The van der Waals surface area contributed by atoms with E-state index in [0.717, 1.165) is 26.1 Å². The van der Waals surface area contributed by atoms with E-state index in [-0.39, 0.29) is 0 Å². The molecule has 1 aromatic rings. The number of nitrogens with zero attached hydrogens (tertiary/aromatic N) is 1. The van der Waals surface area contributed by atoms with Crippen LogP contribution in [0.15, 0.2) is 30.3 Å². The molecular weight excluding hydrogens is 260 g/mol. The standard InChI is InChI=1S/C18H30N2O/c1-5-17(20-12-15(4)21-13-14(20)3)18(19-6-2)16-10-8-7-9-11-16/h7-11,14-15,17-19H,5-6,12-13H2,1-4H3. The molecule has 2 rings (SSSR count). The Bertz CT molecular complexity index is 409. The summed E-state index contributed by atoms with van der Waals surface area (Å²) < 4.78 is 5.80. The Balaban J connectivity index is 2.22. The third-order valence-electron chi connectivity index (χ3n) is 4.47. The lowest BCUT2D eigenvalue weighted by Gasteiger charge is -2.45. The summed E-state index contributed by atoms with van der Waals surface area (Å²) in [5, 5.41) is 3.70. The molecule has 4 unspecified atom stereocenters. The van der Waals surface area contributed by atoms with E-state index in [1.807, 2.05) is 0 Å². The van der Waals surface area contributed by atoms with E-state index in [0.29, 0.717) is 24.2 Å². The van der Waals surface area contributed by atoms with E-state index in [1.54, 1.807) is 0 Å². The maximum atomic E-state index is 5.80. The summed E-state index contributed by atoms with van der Waals surface area (Å²) in [6.07, 6.45) is 1.47. The van der Waals surface area contributed by atoms with Crippen molar-refractivity contribution in [2.75, 3.05) is 19.7 Å². The Hall–Kier alpha value is -0.900. The van der Waals surface area contributed by atoms with Crippen molar-refractivity contribution in [3.63, 3.8) is 0 Å². The largest absolute Gasteiger partial charge is 0.376 e. The van der Waals surface area contributed by atoms with Crippen LogP contribution in [0.3, 0.4) is 0 Å². The molecule has 0 aromatic heterocycles. The van der Waals surface area contributed by atoms with Gasteiger partial charge in [0.15, 0.2) is 0 Å². The number of nitrogens with one attached hydrogen (secondary N) is 1. The van der Waals surface area contributed by atoms with Gasteiger partial charge < -0.3 is 10.1 Å². The summed E-state index contributed by atoms with van der Waals surface area (Å²) in [6, 6.07) is 12.2. The van der Waals surface area contributed by atoms with Gasteiger partial charge in [0.2, 0.25) is 0 Å². The topological polar surface area (TPSA) is 24.5 Å². The zero-order chi connectivity index (χ0) is 15.2. The van der Waals surface area contributed by atoms with Crippen molar-refractivity contribution in [3.05, 3.63) is 35.9 Å². The molecule has 0 amide bonds. The number of rotatable bonds is 6. The molecule has 0 spiro atoms. The van der Waals surface area contributed by atoms with E-state index < -0.39 is 0 Å². The molecule has 1 aliphatic heterocycles. The zero-order valence-electron chi connectivity index (χ0n) is 13.9. The molecule has 21 heavy (non-hydrogen) atoms. The van der Waals surface area contributed by atoms with Crippen molar-refractivity contribution < 1.29 is 4.74 Å². The lowest BCUT2D eigenvalue weighted by Crippen LogP contribution is -2.55. The van der Waals surface area contributed by atoms with Crippen LogP contribution < -0.4 is 5.32 Å². The molecular formula is C18H30N2O.